The van der Waals surface area contributed by atoms with Crippen molar-refractivity contribution in [1.82, 2.24) is 19.7 Å². The van der Waals surface area contributed by atoms with Gasteiger partial charge in [0.15, 0.2) is 0 Å². The lowest BCUT2D eigenvalue weighted by Gasteiger charge is -2.28. The van der Waals surface area contributed by atoms with Gasteiger partial charge in [0.25, 0.3) is 5.16 Å². The van der Waals surface area contributed by atoms with E-state index in [9.17, 15) is 8.42 Å². The molecule has 9 heteroatoms. The molecule has 2 aromatic heterocycles. The standard InChI is InChI=1S/C20H21ClN4O3S/c1-29(26,27)20-24-23-19(25(20)16-9-7-15(21)8-10-16)14-5-11-17(12-6-14)28-18-4-2-3-13-22-18/h2-4,7-10,13-14,17H,5-6,11-12H2,1H3. The Kier molecular flexibility index (Phi) is 5.56. The maximum Gasteiger partial charge on any atom is 0.254 e. The second kappa shape index (κ2) is 8.12. The van der Waals surface area contributed by atoms with Crippen molar-refractivity contribution in [3.63, 3.8) is 0 Å². The molecule has 1 aliphatic carbocycles. The Morgan fingerprint density at radius 3 is 2.38 bits per heavy atom. The van der Waals surface area contributed by atoms with Gasteiger partial charge < -0.3 is 4.74 Å². The van der Waals surface area contributed by atoms with E-state index in [1.165, 1.54) is 0 Å². The molecule has 0 unspecified atom stereocenters. The van der Waals surface area contributed by atoms with Crippen molar-refractivity contribution < 1.29 is 13.2 Å². The van der Waals surface area contributed by atoms with Crippen LogP contribution in [0.5, 0.6) is 5.88 Å². The van der Waals surface area contributed by atoms with Crippen molar-refractivity contribution in [3.05, 3.63) is 59.5 Å². The summed E-state index contributed by atoms with van der Waals surface area (Å²) >= 11 is 6.00. The molecule has 0 spiro atoms. The molecule has 0 aliphatic heterocycles. The highest BCUT2D eigenvalue weighted by molar-refractivity contribution is 7.90. The molecule has 0 saturated heterocycles. The van der Waals surface area contributed by atoms with Crippen LogP contribution in [0.25, 0.3) is 5.69 Å². The predicted molar refractivity (Wildman–Crippen MR) is 109 cm³/mol. The van der Waals surface area contributed by atoms with E-state index in [1.54, 1.807) is 35.0 Å². The van der Waals surface area contributed by atoms with Gasteiger partial charge in [0, 0.05) is 35.1 Å². The van der Waals surface area contributed by atoms with E-state index < -0.39 is 9.84 Å². The summed E-state index contributed by atoms with van der Waals surface area (Å²) in [4.78, 5) is 4.22. The van der Waals surface area contributed by atoms with Crippen LogP contribution in [0.1, 0.15) is 37.4 Å². The van der Waals surface area contributed by atoms with Crippen LogP contribution < -0.4 is 4.74 Å². The third kappa shape index (κ3) is 4.43. The summed E-state index contributed by atoms with van der Waals surface area (Å²) in [6, 6.07) is 12.6. The Morgan fingerprint density at radius 2 is 1.76 bits per heavy atom. The van der Waals surface area contributed by atoms with E-state index >= 15 is 0 Å². The molecule has 1 saturated carbocycles. The molecule has 0 radical (unpaired) electrons. The van der Waals surface area contributed by atoms with E-state index in [4.69, 9.17) is 16.3 Å². The monoisotopic (exact) mass is 432 g/mol. The number of sulfone groups is 1. The van der Waals surface area contributed by atoms with Crippen LogP contribution in [0.2, 0.25) is 5.02 Å². The van der Waals surface area contributed by atoms with E-state index in [1.807, 2.05) is 18.2 Å². The average Bonchev–Trinajstić information content (AvgIpc) is 3.16. The molecule has 4 rings (SSSR count). The smallest absolute Gasteiger partial charge is 0.254 e. The molecule has 1 aliphatic rings. The summed E-state index contributed by atoms with van der Waals surface area (Å²) < 4.78 is 32.1. The molecule has 0 N–H and O–H groups in total. The summed E-state index contributed by atoms with van der Waals surface area (Å²) in [5, 5.41) is 8.79. The minimum Gasteiger partial charge on any atom is -0.474 e. The summed E-state index contributed by atoms with van der Waals surface area (Å²) in [5.41, 5.74) is 0.682. The van der Waals surface area contributed by atoms with Crippen molar-refractivity contribution >= 4 is 21.4 Å². The number of aromatic nitrogens is 4. The third-order valence-corrected chi connectivity index (χ3v) is 6.22. The average molecular weight is 433 g/mol. The lowest BCUT2D eigenvalue weighted by atomic mass is 9.86. The summed E-state index contributed by atoms with van der Waals surface area (Å²) in [7, 11) is -3.54. The van der Waals surface area contributed by atoms with Crippen molar-refractivity contribution in [2.75, 3.05) is 6.26 Å². The first-order valence-electron chi connectivity index (χ1n) is 9.41. The van der Waals surface area contributed by atoms with Crippen molar-refractivity contribution in [3.8, 4) is 11.6 Å². The predicted octanol–water partition coefficient (Wildman–Crippen LogP) is 3.82. The van der Waals surface area contributed by atoms with Gasteiger partial charge in [-0.25, -0.2) is 13.4 Å². The molecule has 1 aromatic carbocycles. The van der Waals surface area contributed by atoms with Crippen LogP contribution in [0, 0.1) is 0 Å². The number of hydrogen-bond acceptors (Lipinski definition) is 6. The van der Waals surface area contributed by atoms with E-state index in [2.05, 4.69) is 15.2 Å². The Balaban J connectivity index is 1.58. The van der Waals surface area contributed by atoms with Gasteiger partial charge in [-0.3, -0.25) is 4.57 Å². The number of hydrogen-bond donors (Lipinski definition) is 0. The van der Waals surface area contributed by atoms with Gasteiger partial charge in [-0.15, -0.1) is 10.2 Å². The van der Waals surface area contributed by atoms with Crippen LogP contribution >= 0.6 is 11.6 Å². The van der Waals surface area contributed by atoms with Gasteiger partial charge in [0.1, 0.15) is 11.9 Å². The number of halogens is 1. The van der Waals surface area contributed by atoms with Crippen LogP contribution in [0.3, 0.4) is 0 Å². The largest absolute Gasteiger partial charge is 0.474 e. The first kappa shape index (κ1) is 19.8. The summed E-state index contributed by atoms with van der Waals surface area (Å²) in [5.74, 6) is 1.38. The lowest BCUT2D eigenvalue weighted by molar-refractivity contribution is 0.139. The molecule has 7 nitrogen and oxygen atoms in total. The van der Waals surface area contributed by atoms with Crippen molar-refractivity contribution in [1.29, 1.82) is 0 Å². The molecular weight excluding hydrogens is 412 g/mol. The SMILES string of the molecule is CS(=O)(=O)c1nnc(C2CCC(Oc3ccccn3)CC2)n1-c1ccc(Cl)cc1. The Morgan fingerprint density at radius 1 is 1.03 bits per heavy atom. The highest BCUT2D eigenvalue weighted by Gasteiger charge is 2.31. The zero-order valence-corrected chi connectivity index (χ0v) is 17.5. The van der Waals surface area contributed by atoms with Crippen LogP contribution in [0.4, 0.5) is 0 Å². The van der Waals surface area contributed by atoms with Crippen LogP contribution in [0.15, 0.2) is 53.8 Å². The topological polar surface area (TPSA) is 87.0 Å². The third-order valence-electron chi connectivity index (χ3n) is 5.04. The number of nitrogens with zero attached hydrogens (tertiary/aromatic N) is 4. The fraction of sp³-hybridized carbons (Fsp3) is 0.350. The second-order valence-electron chi connectivity index (χ2n) is 7.18. The molecule has 1 fully saturated rings. The highest BCUT2D eigenvalue weighted by Crippen LogP contribution is 2.35. The van der Waals surface area contributed by atoms with E-state index in [0.717, 1.165) is 31.9 Å². The summed E-state index contributed by atoms with van der Waals surface area (Å²) in [6.07, 6.45) is 6.27. The van der Waals surface area contributed by atoms with Gasteiger partial charge >= 0.3 is 0 Å². The fourth-order valence-electron chi connectivity index (χ4n) is 3.64. The molecule has 29 heavy (non-hydrogen) atoms. The molecule has 152 valence electrons. The van der Waals surface area contributed by atoms with Gasteiger partial charge in [-0.05, 0) is 56.0 Å². The Hall–Kier alpha value is -2.45. The number of rotatable bonds is 5. The molecule has 0 atom stereocenters. The Bertz CT molecular complexity index is 1080. The van der Waals surface area contributed by atoms with Crippen LogP contribution in [-0.2, 0) is 9.84 Å². The normalized spacial score (nSPS) is 19.8. The second-order valence-corrected chi connectivity index (χ2v) is 9.53. The molecule has 0 bridgehead atoms. The van der Waals surface area contributed by atoms with Crippen molar-refractivity contribution in [2.24, 2.45) is 0 Å². The van der Waals surface area contributed by atoms with Gasteiger partial charge in [0.05, 0.1) is 0 Å². The fourth-order valence-corrected chi connectivity index (χ4v) is 4.49. The van der Waals surface area contributed by atoms with E-state index in [0.29, 0.717) is 22.4 Å². The van der Waals surface area contributed by atoms with Gasteiger partial charge in [-0.2, -0.15) is 0 Å². The minimum absolute atomic E-state index is 0.0540. The molecular formula is C20H21ClN4O3S. The highest BCUT2D eigenvalue weighted by atomic mass is 35.5. The number of benzene rings is 1. The quantitative estimate of drug-likeness (QED) is 0.609. The van der Waals surface area contributed by atoms with Gasteiger partial charge in [0.2, 0.25) is 15.7 Å². The van der Waals surface area contributed by atoms with Gasteiger partial charge in [-0.1, -0.05) is 17.7 Å². The van der Waals surface area contributed by atoms with Crippen LogP contribution in [-0.4, -0.2) is 40.5 Å². The first-order valence-corrected chi connectivity index (χ1v) is 11.7. The maximum atomic E-state index is 12.3. The molecule has 2 heterocycles. The minimum atomic E-state index is -3.54. The first-order chi connectivity index (χ1) is 13.9. The maximum absolute atomic E-state index is 12.3. The Labute approximate surface area is 174 Å². The summed E-state index contributed by atoms with van der Waals surface area (Å²) in [6.45, 7) is 0. The zero-order chi connectivity index (χ0) is 20.4. The van der Waals surface area contributed by atoms with E-state index in [-0.39, 0.29) is 17.2 Å². The molecule has 3 aromatic rings. The zero-order valence-electron chi connectivity index (χ0n) is 15.9. The lowest BCUT2D eigenvalue weighted by Crippen LogP contribution is -2.25. The molecule has 0 amide bonds. The number of ether oxygens (including phenoxy) is 1. The number of pyridine rings is 1. The van der Waals surface area contributed by atoms with Crippen molar-refractivity contribution in [2.45, 2.75) is 42.9 Å².